The Morgan fingerprint density at radius 2 is 2.14 bits per heavy atom. The van der Waals surface area contributed by atoms with Gasteiger partial charge in [-0.2, -0.15) is 0 Å². The van der Waals surface area contributed by atoms with Gasteiger partial charge in [-0.15, -0.1) is 0 Å². The first-order chi connectivity index (χ1) is 9.97. The maximum Gasteiger partial charge on any atom is 0.225 e. The summed E-state index contributed by atoms with van der Waals surface area (Å²) in [4.78, 5) is 14.2. The van der Waals surface area contributed by atoms with E-state index in [-0.39, 0.29) is 12.0 Å². The summed E-state index contributed by atoms with van der Waals surface area (Å²) in [6, 6.07) is 5.12. The molecule has 1 aliphatic rings. The van der Waals surface area contributed by atoms with E-state index in [0.29, 0.717) is 34.6 Å². The lowest BCUT2D eigenvalue weighted by Crippen LogP contribution is -2.27. The molecule has 0 bridgehead atoms. The number of benzene rings is 1. The van der Waals surface area contributed by atoms with Gasteiger partial charge in [0.25, 0.3) is 0 Å². The van der Waals surface area contributed by atoms with E-state index >= 15 is 0 Å². The smallest absolute Gasteiger partial charge is 0.225 e. The maximum absolute atomic E-state index is 12.0. The number of carbonyl (C=O) groups excluding carboxylic acids is 1. The Bertz CT molecular complexity index is 488. The van der Waals surface area contributed by atoms with Gasteiger partial charge in [-0.05, 0) is 37.9 Å². The summed E-state index contributed by atoms with van der Waals surface area (Å²) in [6.45, 7) is 4.27. The first-order valence-electron chi connectivity index (χ1n) is 7.11. The first-order valence-corrected chi connectivity index (χ1v) is 7.87. The molecule has 2 unspecified atom stereocenters. The molecule has 116 valence electrons. The summed E-state index contributed by atoms with van der Waals surface area (Å²) in [5, 5.41) is 13.2. The van der Waals surface area contributed by atoms with Gasteiger partial charge < -0.3 is 15.3 Å². The molecule has 0 spiro atoms. The molecule has 1 amide bonds. The zero-order chi connectivity index (χ0) is 15.4. The molecular formula is C15H20Cl2N2O2. The molecule has 1 fully saturated rings. The molecule has 0 aromatic heterocycles. The van der Waals surface area contributed by atoms with Crippen molar-refractivity contribution < 1.29 is 9.90 Å². The quantitative estimate of drug-likeness (QED) is 0.872. The maximum atomic E-state index is 12.0. The largest absolute Gasteiger partial charge is 0.393 e. The number of aliphatic hydroxyl groups is 1. The normalized spacial score (nSPS) is 20.5. The van der Waals surface area contributed by atoms with E-state index in [4.69, 9.17) is 23.2 Å². The van der Waals surface area contributed by atoms with Gasteiger partial charge in [0.15, 0.2) is 0 Å². The van der Waals surface area contributed by atoms with Crippen LogP contribution >= 0.6 is 23.2 Å². The Morgan fingerprint density at radius 1 is 1.48 bits per heavy atom. The molecule has 4 nitrogen and oxygen atoms in total. The summed E-state index contributed by atoms with van der Waals surface area (Å²) in [7, 11) is 0. The van der Waals surface area contributed by atoms with E-state index in [9.17, 15) is 9.90 Å². The van der Waals surface area contributed by atoms with E-state index in [0.717, 1.165) is 19.5 Å². The second kappa shape index (κ2) is 7.45. The number of carbonyl (C=O) groups is 1. The SMILES string of the molecule is CC(O)C1CCN(CCC(=O)Nc2c(Cl)cccc2Cl)C1. The van der Waals surface area contributed by atoms with Crippen molar-refractivity contribution in [3.05, 3.63) is 28.2 Å². The minimum absolute atomic E-state index is 0.106. The molecule has 2 N–H and O–H groups in total. The third-order valence-electron chi connectivity index (χ3n) is 3.87. The van der Waals surface area contributed by atoms with E-state index in [1.165, 1.54) is 0 Å². The van der Waals surface area contributed by atoms with Crippen LogP contribution < -0.4 is 5.32 Å². The van der Waals surface area contributed by atoms with Gasteiger partial charge >= 0.3 is 0 Å². The Morgan fingerprint density at radius 3 is 2.71 bits per heavy atom. The summed E-state index contributed by atoms with van der Waals surface area (Å²) >= 11 is 12.0. The van der Waals surface area contributed by atoms with Crippen LogP contribution in [0.3, 0.4) is 0 Å². The summed E-state index contributed by atoms with van der Waals surface area (Å²) < 4.78 is 0. The molecule has 0 radical (unpaired) electrons. The number of nitrogens with zero attached hydrogens (tertiary/aromatic N) is 1. The lowest BCUT2D eigenvalue weighted by atomic mass is 10.0. The molecule has 1 aromatic rings. The number of likely N-dealkylation sites (tertiary alicyclic amines) is 1. The highest BCUT2D eigenvalue weighted by molar-refractivity contribution is 6.39. The molecule has 0 aliphatic carbocycles. The highest BCUT2D eigenvalue weighted by Crippen LogP contribution is 2.29. The van der Waals surface area contributed by atoms with Gasteiger partial charge in [0.1, 0.15) is 0 Å². The number of aliphatic hydroxyl groups excluding tert-OH is 1. The standard InChI is InChI=1S/C15H20Cl2N2O2/c1-10(20)11-5-7-19(9-11)8-6-14(21)18-15-12(16)3-2-4-13(15)17/h2-4,10-11,20H,5-9H2,1H3,(H,18,21). The van der Waals surface area contributed by atoms with E-state index in [1.54, 1.807) is 18.2 Å². The van der Waals surface area contributed by atoms with Gasteiger partial charge in [-0.1, -0.05) is 29.3 Å². The van der Waals surface area contributed by atoms with Crippen molar-refractivity contribution in [3.63, 3.8) is 0 Å². The highest BCUT2D eigenvalue weighted by atomic mass is 35.5. The van der Waals surface area contributed by atoms with Crippen molar-refractivity contribution in [3.8, 4) is 0 Å². The summed E-state index contributed by atoms with van der Waals surface area (Å²) in [6.07, 6.45) is 1.08. The zero-order valence-electron chi connectivity index (χ0n) is 12.0. The number of nitrogens with one attached hydrogen (secondary N) is 1. The minimum Gasteiger partial charge on any atom is -0.393 e. The summed E-state index contributed by atoms with van der Waals surface area (Å²) in [5.74, 6) is 0.205. The van der Waals surface area contributed by atoms with Crippen LogP contribution in [0.25, 0.3) is 0 Å². The van der Waals surface area contributed by atoms with E-state index in [1.807, 2.05) is 6.92 Å². The molecule has 21 heavy (non-hydrogen) atoms. The Hall–Kier alpha value is -0.810. The number of hydrogen-bond acceptors (Lipinski definition) is 3. The molecule has 6 heteroatoms. The monoisotopic (exact) mass is 330 g/mol. The van der Waals surface area contributed by atoms with Crippen LogP contribution in [0.5, 0.6) is 0 Å². The Kier molecular flexibility index (Phi) is 5.88. The second-order valence-corrected chi connectivity index (χ2v) is 6.30. The average Bonchev–Trinajstić information content (AvgIpc) is 2.90. The predicted molar refractivity (Wildman–Crippen MR) is 85.9 cm³/mol. The molecule has 1 aromatic carbocycles. The Balaban J connectivity index is 1.81. The number of halogens is 2. The zero-order valence-corrected chi connectivity index (χ0v) is 13.5. The second-order valence-electron chi connectivity index (χ2n) is 5.48. The fourth-order valence-corrected chi connectivity index (χ4v) is 3.03. The predicted octanol–water partition coefficient (Wildman–Crippen LogP) is 3.02. The van der Waals surface area contributed by atoms with Crippen molar-refractivity contribution in [2.45, 2.75) is 25.9 Å². The van der Waals surface area contributed by atoms with Crippen molar-refractivity contribution >= 4 is 34.8 Å². The van der Waals surface area contributed by atoms with Crippen LogP contribution in [-0.2, 0) is 4.79 Å². The average molecular weight is 331 g/mol. The van der Waals surface area contributed by atoms with Crippen LogP contribution in [0, 0.1) is 5.92 Å². The van der Waals surface area contributed by atoms with Crippen molar-refractivity contribution in [2.24, 2.45) is 5.92 Å². The van der Waals surface area contributed by atoms with Crippen LogP contribution in [0.15, 0.2) is 18.2 Å². The third kappa shape index (κ3) is 4.58. The topological polar surface area (TPSA) is 52.6 Å². The molecule has 2 atom stereocenters. The lowest BCUT2D eigenvalue weighted by Gasteiger charge is -2.17. The molecule has 2 rings (SSSR count). The van der Waals surface area contributed by atoms with Crippen LogP contribution in [0.2, 0.25) is 10.0 Å². The van der Waals surface area contributed by atoms with Gasteiger partial charge in [0.2, 0.25) is 5.91 Å². The van der Waals surface area contributed by atoms with Crippen LogP contribution in [0.4, 0.5) is 5.69 Å². The summed E-state index contributed by atoms with van der Waals surface area (Å²) in [5.41, 5.74) is 0.467. The van der Waals surface area contributed by atoms with E-state index in [2.05, 4.69) is 10.2 Å². The molecule has 1 heterocycles. The minimum atomic E-state index is -0.286. The van der Waals surface area contributed by atoms with Crippen molar-refractivity contribution in [1.29, 1.82) is 0 Å². The van der Waals surface area contributed by atoms with Gasteiger partial charge in [-0.25, -0.2) is 0 Å². The Labute approximate surface area is 135 Å². The van der Waals surface area contributed by atoms with Crippen LogP contribution in [-0.4, -0.2) is 41.7 Å². The number of amides is 1. The molecule has 1 aliphatic heterocycles. The van der Waals surface area contributed by atoms with E-state index < -0.39 is 0 Å². The fraction of sp³-hybridized carbons (Fsp3) is 0.533. The van der Waals surface area contributed by atoms with Gasteiger partial charge in [-0.3, -0.25) is 4.79 Å². The van der Waals surface area contributed by atoms with Crippen LogP contribution in [0.1, 0.15) is 19.8 Å². The number of rotatable bonds is 5. The van der Waals surface area contributed by atoms with Crippen molar-refractivity contribution in [1.82, 2.24) is 4.90 Å². The lowest BCUT2D eigenvalue weighted by molar-refractivity contribution is -0.116. The van der Waals surface area contributed by atoms with Crippen molar-refractivity contribution in [2.75, 3.05) is 25.0 Å². The molecular weight excluding hydrogens is 311 g/mol. The number of hydrogen-bond donors (Lipinski definition) is 2. The van der Waals surface area contributed by atoms with Gasteiger partial charge in [0.05, 0.1) is 21.8 Å². The molecule has 0 saturated carbocycles. The fourth-order valence-electron chi connectivity index (χ4n) is 2.54. The molecule has 1 saturated heterocycles. The first kappa shape index (κ1) is 16.6. The third-order valence-corrected chi connectivity index (χ3v) is 4.50. The number of para-hydroxylation sites is 1. The number of anilines is 1. The van der Waals surface area contributed by atoms with Gasteiger partial charge in [0, 0.05) is 19.5 Å². The highest BCUT2D eigenvalue weighted by Gasteiger charge is 2.25.